The summed E-state index contributed by atoms with van der Waals surface area (Å²) in [6, 6.07) is 4.51. The van der Waals surface area contributed by atoms with E-state index in [9.17, 15) is 33.6 Å². The summed E-state index contributed by atoms with van der Waals surface area (Å²) in [5.74, 6) is -2.65. The summed E-state index contributed by atoms with van der Waals surface area (Å²) >= 11 is 0. The van der Waals surface area contributed by atoms with Crippen molar-refractivity contribution in [3.63, 3.8) is 0 Å². The smallest absolute Gasteiger partial charge is 0.410 e. The Balaban J connectivity index is 1.13. The lowest BCUT2D eigenvalue weighted by atomic mass is 9.70. The van der Waals surface area contributed by atoms with Gasteiger partial charge < -0.3 is 25.2 Å². The highest BCUT2D eigenvalue weighted by Gasteiger charge is 2.50. The van der Waals surface area contributed by atoms with Gasteiger partial charge in [-0.2, -0.15) is 0 Å². The van der Waals surface area contributed by atoms with Crippen molar-refractivity contribution in [2.75, 3.05) is 19.6 Å². The number of Topliss-reactive ketones (excluding diaryl/α,β-unsaturated/α-hetero) is 3. The number of carbonyl (C=O) groups is 8. The van der Waals surface area contributed by atoms with E-state index in [4.69, 9.17) is 4.74 Å². The molecule has 2 saturated heterocycles. The Morgan fingerprint density at radius 3 is 2.12 bits per heavy atom. The summed E-state index contributed by atoms with van der Waals surface area (Å²) in [5.41, 5.74) is 0.462. The average Bonchev–Trinajstić information content (AvgIpc) is 4.18. The number of urea groups is 1. The fourth-order valence-corrected chi connectivity index (χ4v) is 10.4. The van der Waals surface area contributed by atoms with Crippen LogP contribution in [0, 0.1) is 34.0 Å². The number of benzene rings is 1. The predicted molar refractivity (Wildman–Crippen MR) is 238 cm³/mol. The maximum Gasteiger partial charge on any atom is 0.410 e. The van der Waals surface area contributed by atoms with E-state index < -0.39 is 76.0 Å². The van der Waals surface area contributed by atoms with Crippen molar-refractivity contribution < 1.29 is 43.1 Å². The average molecular weight is 886 g/mol. The van der Waals surface area contributed by atoms with E-state index in [-0.39, 0.29) is 74.6 Å². The zero-order chi connectivity index (χ0) is 46.1. The fraction of sp³-hybridized carbons (Fsp3) is 0.720. The molecule has 64 heavy (non-hydrogen) atoms. The van der Waals surface area contributed by atoms with Gasteiger partial charge in [0.25, 0.3) is 0 Å². The molecule has 1 unspecified atom stereocenters. The highest BCUT2D eigenvalue weighted by atomic mass is 16.6. The molecule has 14 nitrogen and oxygen atoms in total. The maximum atomic E-state index is 15.3. The highest BCUT2D eigenvalue weighted by molar-refractivity contribution is 6.38. The Kier molecular flexibility index (Phi) is 14.1. The second-order valence-corrected chi connectivity index (χ2v) is 22.3. The molecule has 7 rings (SSSR count). The van der Waals surface area contributed by atoms with Crippen molar-refractivity contribution in [2.45, 2.75) is 175 Å². The lowest BCUT2D eigenvalue weighted by Gasteiger charge is -2.43. The molecule has 0 bridgehead atoms. The molecule has 6 amide bonds. The summed E-state index contributed by atoms with van der Waals surface area (Å²) in [4.78, 5) is 116. The van der Waals surface area contributed by atoms with Gasteiger partial charge in [0, 0.05) is 57.7 Å². The minimum atomic E-state index is -1.08. The first-order valence-corrected chi connectivity index (χ1v) is 24.0. The first-order valence-electron chi connectivity index (χ1n) is 24.0. The van der Waals surface area contributed by atoms with Gasteiger partial charge in [-0.05, 0) is 77.7 Å². The maximum absolute atomic E-state index is 15.3. The van der Waals surface area contributed by atoms with E-state index in [1.54, 1.807) is 4.90 Å². The summed E-state index contributed by atoms with van der Waals surface area (Å²) in [6.45, 7) is 12.2. The molecular formula is C50H71N5O9. The summed E-state index contributed by atoms with van der Waals surface area (Å²) < 4.78 is 6.13. The van der Waals surface area contributed by atoms with Gasteiger partial charge in [-0.3, -0.25) is 33.7 Å². The van der Waals surface area contributed by atoms with E-state index in [1.165, 1.54) is 15.4 Å². The normalized spacial score (nSPS) is 24.6. The number of amides is 6. The van der Waals surface area contributed by atoms with E-state index in [0.717, 1.165) is 50.5 Å². The Hall–Kier alpha value is -4.62. The highest BCUT2D eigenvalue weighted by Crippen LogP contribution is 2.42. The Labute approximate surface area is 378 Å². The largest absolute Gasteiger partial charge is 0.444 e. The Bertz CT molecular complexity index is 1970. The molecule has 0 spiro atoms. The molecule has 1 aromatic rings. The number of nitrogens with zero attached hydrogens (tertiary/aromatic N) is 3. The number of imide groups is 1. The molecule has 5 fully saturated rings. The van der Waals surface area contributed by atoms with Gasteiger partial charge in [-0.15, -0.1) is 0 Å². The SMILES string of the molecule is CC1(C)CC(=O)N(C[C@@H](NC(=O)N[C@H](C(=O)N2C[C@H](OC(=O)N3CCc4ccccc4C3)C[C@H]2C(=O)CC(CC2CC2)C(=O)C(=O)CC2CC2)C2(C)CCCCC2)C(C)(C)C)C(=O)C1. The van der Waals surface area contributed by atoms with E-state index in [1.807, 2.05) is 65.8 Å². The number of ether oxygens (including phenoxy) is 1. The first-order chi connectivity index (χ1) is 30.2. The number of rotatable bonds is 16. The molecule has 350 valence electrons. The number of likely N-dealkylation sites (tertiary alicyclic amines) is 2. The van der Waals surface area contributed by atoms with Crippen LogP contribution in [0.5, 0.6) is 0 Å². The molecule has 0 aromatic heterocycles. The van der Waals surface area contributed by atoms with Crippen LogP contribution < -0.4 is 10.6 Å². The molecule has 3 saturated carbocycles. The second-order valence-electron chi connectivity index (χ2n) is 22.3. The van der Waals surface area contributed by atoms with Crippen LogP contribution in [0.15, 0.2) is 24.3 Å². The van der Waals surface area contributed by atoms with Gasteiger partial charge in [0.05, 0.1) is 18.6 Å². The third kappa shape index (κ3) is 11.6. The molecule has 1 aromatic carbocycles. The first kappa shape index (κ1) is 47.3. The number of nitrogens with one attached hydrogen (secondary N) is 2. The van der Waals surface area contributed by atoms with Crippen molar-refractivity contribution in [2.24, 2.45) is 34.0 Å². The molecule has 6 aliphatic rings. The van der Waals surface area contributed by atoms with Gasteiger partial charge in [-0.1, -0.05) is 97.9 Å². The third-order valence-electron chi connectivity index (χ3n) is 14.9. The van der Waals surface area contributed by atoms with Gasteiger partial charge >= 0.3 is 12.1 Å². The van der Waals surface area contributed by atoms with Crippen molar-refractivity contribution in [3.05, 3.63) is 35.4 Å². The standard InChI is InChI=1S/C50H71N5O9/c1-48(2,3)40(30-55-41(58)26-49(4,5)27-42(55)59)51-46(62)52-44(50(6)19-10-7-11-20-50)45(61)54-29-36(64-47(63)53-21-18-33-12-8-9-13-34(33)28-53)25-37(54)38(56)24-35(22-31-14-15-31)43(60)39(57)23-32-16-17-32/h8-9,12-13,31-32,35-37,40,44H,7,10-11,14-30H2,1-6H3,(H2,51,52,62)/t35?,36-,37+,40-,44-/m1/s1. The van der Waals surface area contributed by atoms with Gasteiger partial charge in [0.15, 0.2) is 11.6 Å². The van der Waals surface area contributed by atoms with Crippen LogP contribution in [0.25, 0.3) is 0 Å². The van der Waals surface area contributed by atoms with Gasteiger partial charge in [0.1, 0.15) is 12.1 Å². The number of ketones is 3. The topological polar surface area (TPSA) is 180 Å². The monoisotopic (exact) mass is 886 g/mol. The number of hydrogen-bond acceptors (Lipinski definition) is 9. The van der Waals surface area contributed by atoms with Crippen LogP contribution >= 0.6 is 0 Å². The predicted octanol–water partition coefficient (Wildman–Crippen LogP) is 6.69. The van der Waals surface area contributed by atoms with Crippen LogP contribution in [0.4, 0.5) is 9.59 Å². The van der Waals surface area contributed by atoms with E-state index in [0.29, 0.717) is 38.8 Å². The third-order valence-corrected chi connectivity index (χ3v) is 14.9. The molecule has 2 N–H and O–H groups in total. The quantitative estimate of drug-likeness (QED) is 0.135. The number of hydrogen-bond donors (Lipinski definition) is 2. The minimum absolute atomic E-state index is 0.0250. The molecule has 0 radical (unpaired) electrons. The molecule has 5 atom stereocenters. The molecule has 3 aliphatic carbocycles. The summed E-state index contributed by atoms with van der Waals surface area (Å²) in [7, 11) is 0. The Morgan fingerprint density at radius 2 is 1.50 bits per heavy atom. The van der Waals surface area contributed by atoms with Gasteiger partial charge in [0.2, 0.25) is 23.5 Å². The van der Waals surface area contributed by atoms with Crippen LogP contribution in [0.3, 0.4) is 0 Å². The number of fused-ring (bicyclic) bond motifs is 1. The van der Waals surface area contributed by atoms with Crippen molar-refractivity contribution in [1.82, 2.24) is 25.3 Å². The number of piperidine rings is 1. The van der Waals surface area contributed by atoms with E-state index >= 15 is 4.79 Å². The van der Waals surface area contributed by atoms with Crippen LogP contribution in [-0.4, -0.2) is 106 Å². The molecule has 3 heterocycles. The van der Waals surface area contributed by atoms with Crippen LogP contribution in [0.2, 0.25) is 0 Å². The summed E-state index contributed by atoms with van der Waals surface area (Å²) in [6.07, 6.45) is 7.85. The van der Waals surface area contributed by atoms with Crippen LogP contribution in [-0.2, 0) is 46.5 Å². The Morgan fingerprint density at radius 1 is 0.859 bits per heavy atom. The fourth-order valence-electron chi connectivity index (χ4n) is 10.4. The zero-order valence-corrected chi connectivity index (χ0v) is 39.0. The lowest BCUT2D eigenvalue weighted by Crippen LogP contribution is -2.63. The second kappa shape index (κ2) is 19.1. The minimum Gasteiger partial charge on any atom is -0.444 e. The lowest BCUT2D eigenvalue weighted by molar-refractivity contribution is -0.153. The van der Waals surface area contributed by atoms with Crippen molar-refractivity contribution in [3.8, 4) is 0 Å². The zero-order valence-electron chi connectivity index (χ0n) is 39.0. The van der Waals surface area contributed by atoms with Crippen molar-refractivity contribution in [1.29, 1.82) is 0 Å². The van der Waals surface area contributed by atoms with E-state index in [2.05, 4.69) is 10.6 Å². The summed E-state index contributed by atoms with van der Waals surface area (Å²) in [5, 5.41) is 6.06. The molecule has 3 aliphatic heterocycles. The molecular weight excluding hydrogens is 815 g/mol. The number of carbonyl (C=O) groups excluding carboxylic acids is 8. The van der Waals surface area contributed by atoms with Crippen molar-refractivity contribution >= 4 is 47.2 Å². The van der Waals surface area contributed by atoms with Crippen LogP contribution in [0.1, 0.15) is 149 Å². The van der Waals surface area contributed by atoms with Gasteiger partial charge in [-0.25, -0.2) is 9.59 Å². The molecule has 14 heteroatoms.